The number of nitrogens with zero attached hydrogens (tertiary/aromatic N) is 1. The lowest BCUT2D eigenvalue weighted by molar-refractivity contribution is -0.148. The number of sulfone groups is 1. The first-order valence-corrected chi connectivity index (χ1v) is 9.87. The number of carbonyl (C=O) groups is 2. The van der Waals surface area contributed by atoms with Crippen molar-refractivity contribution >= 4 is 27.8 Å². The second kappa shape index (κ2) is 7.36. The largest absolute Gasteiger partial charge is 0.454 e. The van der Waals surface area contributed by atoms with E-state index in [1.54, 1.807) is 24.3 Å². The van der Waals surface area contributed by atoms with Crippen LogP contribution in [0.5, 0.6) is 11.5 Å². The van der Waals surface area contributed by atoms with Crippen LogP contribution < -0.4 is 9.47 Å². The third kappa shape index (κ3) is 4.34. The molecule has 2 aliphatic rings. The van der Waals surface area contributed by atoms with Crippen LogP contribution in [-0.4, -0.2) is 63.2 Å². The Hall–Kier alpha value is -2.55. The van der Waals surface area contributed by atoms with E-state index >= 15 is 0 Å². The Labute approximate surface area is 151 Å². The summed E-state index contributed by atoms with van der Waals surface area (Å²) in [6, 6.07) is 4.86. The van der Waals surface area contributed by atoms with Crippen LogP contribution in [0.4, 0.5) is 0 Å². The Morgan fingerprint density at radius 1 is 1.31 bits per heavy atom. The summed E-state index contributed by atoms with van der Waals surface area (Å²) in [5.74, 6) is 0.178. The Morgan fingerprint density at radius 2 is 2.08 bits per heavy atom. The number of benzene rings is 1. The van der Waals surface area contributed by atoms with Crippen LogP contribution in [0, 0.1) is 0 Å². The average molecular weight is 381 g/mol. The van der Waals surface area contributed by atoms with Gasteiger partial charge in [0.2, 0.25) is 6.79 Å². The van der Waals surface area contributed by atoms with E-state index < -0.39 is 28.3 Å². The molecule has 1 amide bonds. The lowest BCUT2D eigenvalue weighted by Gasteiger charge is -2.22. The van der Waals surface area contributed by atoms with Crippen LogP contribution in [0.1, 0.15) is 12.0 Å². The zero-order valence-corrected chi connectivity index (χ0v) is 15.0. The van der Waals surface area contributed by atoms with Crippen molar-refractivity contribution in [2.24, 2.45) is 0 Å². The Bertz CT molecular complexity index is 847. The van der Waals surface area contributed by atoms with Gasteiger partial charge in [0.1, 0.15) is 0 Å². The van der Waals surface area contributed by atoms with Crippen LogP contribution >= 0.6 is 0 Å². The summed E-state index contributed by atoms with van der Waals surface area (Å²) in [5, 5.41) is 0. The highest BCUT2D eigenvalue weighted by Crippen LogP contribution is 2.32. The molecule has 140 valence electrons. The molecule has 2 aliphatic heterocycles. The van der Waals surface area contributed by atoms with Gasteiger partial charge in [-0.25, -0.2) is 13.2 Å². The van der Waals surface area contributed by atoms with Crippen molar-refractivity contribution in [2.45, 2.75) is 12.5 Å². The second-order valence-electron chi connectivity index (χ2n) is 6.12. The molecule has 8 nitrogen and oxygen atoms in total. The number of ether oxygens (including phenoxy) is 3. The third-order valence-electron chi connectivity index (χ3n) is 4.30. The van der Waals surface area contributed by atoms with Crippen molar-refractivity contribution in [3.63, 3.8) is 0 Å². The average Bonchev–Trinajstić information content (AvgIpc) is 3.22. The van der Waals surface area contributed by atoms with Crippen molar-refractivity contribution in [3.05, 3.63) is 29.8 Å². The lowest BCUT2D eigenvalue weighted by atomic mass is 10.2. The van der Waals surface area contributed by atoms with Gasteiger partial charge in [0.25, 0.3) is 5.91 Å². The van der Waals surface area contributed by atoms with E-state index in [1.807, 2.05) is 0 Å². The van der Waals surface area contributed by atoms with E-state index in [1.165, 1.54) is 18.0 Å². The van der Waals surface area contributed by atoms with E-state index in [9.17, 15) is 18.0 Å². The minimum atomic E-state index is -3.08. The molecule has 9 heteroatoms. The number of hydrogen-bond acceptors (Lipinski definition) is 7. The Kier molecular flexibility index (Phi) is 5.17. The van der Waals surface area contributed by atoms with Gasteiger partial charge in [-0.15, -0.1) is 0 Å². The molecule has 1 aromatic carbocycles. The van der Waals surface area contributed by atoms with Gasteiger partial charge >= 0.3 is 5.97 Å². The first-order valence-electron chi connectivity index (χ1n) is 8.05. The SMILES string of the molecule is CN(C(=O)COC(=O)/C=C/c1ccc2c(c1)OCO2)[C@@H]1CCS(=O)(=O)C1. The predicted octanol–water partition coefficient (Wildman–Crippen LogP) is 0.617. The van der Waals surface area contributed by atoms with Crippen molar-refractivity contribution in [2.75, 3.05) is 32.0 Å². The van der Waals surface area contributed by atoms with Crippen LogP contribution in [-0.2, 0) is 24.2 Å². The molecule has 0 spiro atoms. The normalized spacial score (nSPS) is 20.3. The summed E-state index contributed by atoms with van der Waals surface area (Å²) in [4.78, 5) is 25.1. The number of likely N-dealkylation sites (N-methyl/N-ethyl adjacent to an activating group) is 1. The number of amides is 1. The van der Waals surface area contributed by atoms with Gasteiger partial charge in [-0.05, 0) is 30.2 Å². The topological polar surface area (TPSA) is 99.2 Å². The molecule has 3 rings (SSSR count). The van der Waals surface area contributed by atoms with Gasteiger partial charge in [-0.1, -0.05) is 6.07 Å². The highest BCUT2D eigenvalue weighted by Gasteiger charge is 2.32. The van der Waals surface area contributed by atoms with Crippen LogP contribution in [0.25, 0.3) is 6.08 Å². The number of rotatable bonds is 5. The summed E-state index contributed by atoms with van der Waals surface area (Å²) in [7, 11) is -1.56. The van der Waals surface area contributed by atoms with Crippen LogP contribution in [0.15, 0.2) is 24.3 Å². The molecule has 1 atom stereocenters. The number of esters is 1. The van der Waals surface area contributed by atoms with Gasteiger partial charge in [-0.2, -0.15) is 0 Å². The van der Waals surface area contributed by atoms with E-state index in [-0.39, 0.29) is 24.3 Å². The van der Waals surface area contributed by atoms with Gasteiger partial charge in [0.15, 0.2) is 27.9 Å². The lowest BCUT2D eigenvalue weighted by Crippen LogP contribution is -2.40. The smallest absolute Gasteiger partial charge is 0.331 e. The molecule has 0 radical (unpaired) electrons. The molecule has 2 heterocycles. The van der Waals surface area contributed by atoms with Crippen molar-refractivity contribution in [1.82, 2.24) is 4.90 Å². The molecule has 0 aliphatic carbocycles. The first-order chi connectivity index (χ1) is 12.3. The van der Waals surface area contributed by atoms with Crippen LogP contribution in [0.2, 0.25) is 0 Å². The number of fused-ring (bicyclic) bond motifs is 1. The molecule has 0 unspecified atom stereocenters. The maximum absolute atomic E-state index is 12.0. The van der Waals surface area contributed by atoms with E-state index in [4.69, 9.17) is 14.2 Å². The summed E-state index contributed by atoms with van der Waals surface area (Å²) in [6.45, 7) is -0.264. The maximum Gasteiger partial charge on any atom is 0.331 e. The first kappa shape index (κ1) is 18.2. The van der Waals surface area contributed by atoms with Crippen molar-refractivity contribution in [1.29, 1.82) is 0 Å². The summed E-state index contributed by atoms with van der Waals surface area (Å²) < 4.78 is 38.3. The Morgan fingerprint density at radius 3 is 2.81 bits per heavy atom. The number of carbonyl (C=O) groups excluding carboxylic acids is 2. The van der Waals surface area contributed by atoms with Gasteiger partial charge < -0.3 is 19.1 Å². The minimum Gasteiger partial charge on any atom is -0.454 e. The molecule has 0 aromatic heterocycles. The number of hydrogen-bond donors (Lipinski definition) is 0. The van der Waals surface area contributed by atoms with E-state index in [0.717, 1.165) is 5.56 Å². The molecular weight excluding hydrogens is 362 g/mol. The predicted molar refractivity (Wildman–Crippen MR) is 92.4 cm³/mol. The van der Waals surface area contributed by atoms with E-state index in [0.29, 0.717) is 17.9 Å². The Balaban J connectivity index is 1.48. The fourth-order valence-electron chi connectivity index (χ4n) is 2.75. The monoisotopic (exact) mass is 381 g/mol. The van der Waals surface area contributed by atoms with Crippen LogP contribution in [0.3, 0.4) is 0 Å². The third-order valence-corrected chi connectivity index (χ3v) is 6.05. The zero-order chi connectivity index (χ0) is 18.7. The molecule has 1 fully saturated rings. The van der Waals surface area contributed by atoms with Gasteiger partial charge in [0, 0.05) is 19.2 Å². The molecule has 1 saturated heterocycles. The highest BCUT2D eigenvalue weighted by molar-refractivity contribution is 7.91. The maximum atomic E-state index is 12.0. The highest BCUT2D eigenvalue weighted by atomic mass is 32.2. The standard InChI is InChI=1S/C17H19NO7S/c1-18(13-6-7-26(21,22)10-13)16(19)9-23-17(20)5-3-12-2-4-14-15(8-12)25-11-24-14/h2-5,8,13H,6-7,9-11H2,1H3/b5-3+/t13-/m1/s1. The zero-order valence-electron chi connectivity index (χ0n) is 14.2. The van der Waals surface area contributed by atoms with Gasteiger partial charge in [0.05, 0.1) is 11.5 Å². The molecule has 0 bridgehead atoms. The molecule has 0 N–H and O–H groups in total. The van der Waals surface area contributed by atoms with E-state index in [2.05, 4.69) is 0 Å². The quantitative estimate of drug-likeness (QED) is 0.544. The minimum absolute atomic E-state index is 0.0484. The fraction of sp³-hybridized carbons (Fsp3) is 0.412. The molecular formula is C17H19NO7S. The second-order valence-corrected chi connectivity index (χ2v) is 8.34. The van der Waals surface area contributed by atoms with Gasteiger partial charge in [-0.3, -0.25) is 4.79 Å². The fourth-order valence-corrected chi connectivity index (χ4v) is 4.52. The molecule has 26 heavy (non-hydrogen) atoms. The van der Waals surface area contributed by atoms with Crippen molar-refractivity contribution in [3.8, 4) is 11.5 Å². The summed E-state index contributed by atoms with van der Waals surface area (Å²) in [6.07, 6.45) is 3.16. The summed E-state index contributed by atoms with van der Waals surface area (Å²) in [5.41, 5.74) is 0.728. The summed E-state index contributed by atoms with van der Waals surface area (Å²) >= 11 is 0. The van der Waals surface area contributed by atoms with Crippen molar-refractivity contribution < 1.29 is 32.2 Å². The molecule has 1 aromatic rings. The molecule has 0 saturated carbocycles.